The van der Waals surface area contributed by atoms with Gasteiger partial charge in [0.05, 0.1) is 17.2 Å². The maximum Gasteiger partial charge on any atom is 0.266 e. The third-order valence-corrected chi connectivity index (χ3v) is 5.01. The summed E-state index contributed by atoms with van der Waals surface area (Å²) in [6, 6.07) is 17.5. The van der Waals surface area contributed by atoms with Crippen LogP contribution in [-0.2, 0) is 4.79 Å². The second-order valence-electron chi connectivity index (χ2n) is 5.94. The quantitative estimate of drug-likeness (QED) is 0.528. The first-order valence-electron chi connectivity index (χ1n) is 8.72. The van der Waals surface area contributed by atoms with Crippen molar-refractivity contribution in [1.29, 1.82) is 0 Å². The van der Waals surface area contributed by atoms with Crippen LogP contribution in [0.15, 0.2) is 64.5 Å². The number of likely N-dealkylation sites (N-methyl/N-ethyl adjacent to an activating group) is 1. The molecule has 0 atom stereocenters. The highest BCUT2D eigenvalue weighted by molar-refractivity contribution is 8.18. The first kappa shape index (κ1) is 18.3. The Labute approximate surface area is 158 Å². The topological polar surface area (TPSA) is 41.9 Å². The fourth-order valence-electron chi connectivity index (χ4n) is 2.46. The molecule has 0 saturated carbocycles. The van der Waals surface area contributed by atoms with Crippen molar-refractivity contribution in [3.05, 3.63) is 65.1 Å². The predicted octanol–water partition coefficient (Wildman–Crippen LogP) is 5.10. The van der Waals surface area contributed by atoms with E-state index in [-0.39, 0.29) is 5.91 Å². The van der Waals surface area contributed by atoms with Crippen molar-refractivity contribution < 1.29 is 9.53 Å². The van der Waals surface area contributed by atoms with Crippen molar-refractivity contribution in [1.82, 2.24) is 4.90 Å². The molecule has 1 aliphatic heterocycles. The number of ether oxygens (including phenoxy) is 1. The number of rotatable bonds is 6. The van der Waals surface area contributed by atoms with E-state index in [0.29, 0.717) is 16.7 Å². The summed E-state index contributed by atoms with van der Waals surface area (Å²) in [5.74, 6) is 0.756. The Bertz CT molecular complexity index is 831. The zero-order valence-corrected chi connectivity index (χ0v) is 15.8. The number of carbonyl (C=O) groups excluding carboxylic acids is 1. The van der Waals surface area contributed by atoms with E-state index in [1.165, 1.54) is 11.8 Å². The van der Waals surface area contributed by atoms with Gasteiger partial charge in [-0.15, -0.1) is 0 Å². The SMILES string of the molecule is CCCCOc1ccccc1/C=C1/SC(=Nc2ccccc2)N(C)C1=O. The number of unbranched alkanes of at least 4 members (excludes halogenated alkanes) is 1. The first-order valence-corrected chi connectivity index (χ1v) is 9.54. The molecule has 2 aromatic carbocycles. The molecule has 134 valence electrons. The van der Waals surface area contributed by atoms with Crippen molar-refractivity contribution in [2.45, 2.75) is 19.8 Å². The number of amidine groups is 1. The molecule has 2 aromatic rings. The zero-order chi connectivity index (χ0) is 18.4. The average Bonchev–Trinajstić information content (AvgIpc) is 2.92. The third kappa shape index (κ3) is 4.35. The van der Waals surface area contributed by atoms with Gasteiger partial charge in [-0.1, -0.05) is 49.7 Å². The van der Waals surface area contributed by atoms with Gasteiger partial charge in [-0.3, -0.25) is 9.69 Å². The summed E-state index contributed by atoms with van der Waals surface area (Å²) in [7, 11) is 1.75. The predicted molar refractivity (Wildman–Crippen MR) is 109 cm³/mol. The van der Waals surface area contributed by atoms with E-state index >= 15 is 0 Å². The monoisotopic (exact) mass is 366 g/mol. The minimum absolute atomic E-state index is 0.0481. The molecule has 0 unspecified atom stereocenters. The van der Waals surface area contributed by atoms with Gasteiger partial charge in [0, 0.05) is 12.6 Å². The summed E-state index contributed by atoms with van der Waals surface area (Å²) >= 11 is 1.39. The highest BCUT2D eigenvalue weighted by Gasteiger charge is 2.30. The van der Waals surface area contributed by atoms with Crippen molar-refractivity contribution in [2.75, 3.05) is 13.7 Å². The van der Waals surface area contributed by atoms with Gasteiger partial charge in [-0.05, 0) is 42.5 Å². The lowest BCUT2D eigenvalue weighted by Crippen LogP contribution is -2.23. The lowest BCUT2D eigenvalue weighted by Gasteiger charge is -2.09. The number of nitrogens with zero attached hydrogens (tertiary/aromatic N) is 2. The van der Waals surface area contributed by atoms with Gasteiger partial charge in [-0.2, -0.15) is 0 Å². The maximum absolute atomic E-state index is 12.6. The van der Waals surface area contributed by atoms with E-state index in [1.54, 1.807) is 11.9 Å². The van der Waals surface area contributed by atoms with Gasteiger partial charge in [0.1, 0.15) is 5.75 Å². The molecule has 1 fully saturated rings. The number of thioether (sulfide) groups is 1. The molecule has 26 heavy (non-hydrogen) atoms. The van der Waals surface area contributed by atoms with Gasteiger partial charge >= 0.3 is 0 Å². The Morgan fingerprint density at radius 2 is 1.85 bits per heavy atom. The summed E-state index contributed by atoms with van der Waals surface area (Å²) in [5.41, 5.74) is 1.74. The lowest BCUT2D eigenvalue weighted by atomic mass is 10.2. The highest BCUT2D eigenvalue weighted by Crippen LogP contribution is 2.34. The number of amides is 1. The molecule has 0 aliphatic carbocycles. The Kier molecular flexibility index (Phi) is 6.12. The molecule has 0 radical (unpaired) electrons. The van der Waals surface area contributed by atoms with E-state index in [0.717, 1.165) is 29.8 Å². The van der Waals surface area contributed by atoms with Crippen LogP contribution < -0.4 is 4.74 Å². The van der Waals surface area contributed by atoms with Crippen molar-refractivity contribution >= 4 is 34.6 Å². The Hall–Kier alpha value is -2.53. The van der Waals surface area contributed by atoms with Crippen LogP contribution in [0.25, 0.3) is 6.08 Å². The van der Waals surface area contributed by atoms with Crippen molar-refractivity contribution in [3.8, 4) is 5.75 Å². The van der Waals surface area contributed by atoms with Gasteiger partial charge in [0.15, 0.2) is 5.17 Å². The van der Waals surface area contributed by atoms with Crippen LogP contribution in [0, 0.1) is 0 Å². The maximum atomic E-state index is 12.6. The van der Waals surface area contributed by atoms with Gasteiger partial charge in [0.2, 0.25) is 0 Å². The molecule has 0 aromatic heterocycles. The zero-order valence-electron chi connectivity index (χ0n) is 15.0. The minimum Gasteiger partial charge on any atom is -0.493 e. The Morgan fingerprint density at radius 3 is 2.62 bits per heavy atom. The summed E-state index contributed by atoms with van der Waals surface area (Å²) in [4.78, 5) is 19.4. The molecule has 1 aliphatic rings. The van der Waals surface area contributed by atoms with Crippen LogP contribution in [0.5, 0.6) is 5.75 Å². The molecular formula is C21H22N2O2S. The third-order valence-electron chi connectivity index (χ3n) is 3.95. The van der Waals surface area contributed by atoms with E-state index in [1.807, 2.05) is 60.7 Å². The van der Waals surface area contributed by atoms with Crippen LogP contribution in [0.2, 0.25) is 0 Å². The van der Waals surface area contributed by atoms with Crippen molar-refractivity contribution in [3.63, 3.8) is 0 Å². The van der Waals surface area contributed by atoms with Gasteiger partial charge in [0.25, 0.3) is 5.91 Å². The number of carbonyl (C=O) groups is 1. The summed E-state index contributed by atoms with van der Waals surface area (Å²) in [5, 5.41) is 0.678. The molecule has 3 rings (SSSR count). The minimum atomic E-state index is -0.0481. The van der Waals surface area contributed by atoms with Crippen LogP contribution >= 0.6 is 11.8 Å². The molecule has 0 spiro atoms. The fourth-order valence-corrected chi connectivity index (χ4v) is 3.44. The summed E-state index contributed by atoms with van der Waals surface area (Å²) in [6.45, 7) is 2.81. The van der Waals surface area contributed by atoms with Crippen LogP contribution in [-0.4, -0.2) is 29.6 Å². The number of aliphatic imine (C=N–C) groups is 1. The molecule has 1 amide bonds. The van der Waals surface area contributed by atoms with Crippen LogP contribution in [0.3, 0.4) is 0 Å². The van der Waals surface area contributed by atoms with E-state index in [2.05, 4.69) is 11.9 Å². The van der Waals surface area contributed by atoms with Gasteiger partial charge in [-0.25, -0.2) is 4.99 Å². The Morgan fingerprint density at radius 1 is 1.12 bits per heavy atom. The van der Waals surface area contributed by atoms with Crippen molar-refractivity contribution in [2.24, 2.45) is 4.99 Å². The smallest absolute Gasteiger partial charge is 0.266 e. The normalized spacial score (nSPS) is 17.3. The van der Waals surface area contributed by atoms with Crippen LogP contribution in [0.4, 0.5) is 5.69 Å². The standard InChI is InChI=1S/C21H22N2O2S/c1-3-4-14-25-18-13-9-8-10-16(18)15-19-20(24)23(2)21(26-19)22-17-11-6-5-7-12-17/h5-13,15H,3-4,14H2,1-2H3/b19-15+,22-21?. The second-order valence-corrected chi connectivity index (χ2v) is 6.95. The highest BCUT2D eigenvalue weighted by atomic mass is 32.2. The Balaban J connectivity index is 1.84. The molecule has 4 nitrogen and oxygen atoms in total. The van der Waals surface area contributed by atoms with Crippen LogP contribution in [0.1, 0.15) is 25.3 Å². The number of hydrogen-bond donors (Lipinski definition) is 0. The van der Waals surface area contributed by atoms with E-state index < -0.39 is 0 Å². The second kappa shape index (κ2) is 8.72. The average molecular weight is 366 g/mol. The number of benzene rings is 2. The molecular weight excluding hydrogens is 344 g/mol. The molecule has 0 N–H and O–H groups in total. The molecule has 1 saturated heterocycles. The van der Waals surface area contributed by atoms with Gasteiger partial charge < -0.3 is 4.74 Å². The summed E-state index contributed by atoms with van der Waals surface area (Å²) in [6.07, 6.45) is 3.98. The fraction of sp³-hybridized carbons (Fsp3) is 0.238. The molecule has 5 heteroatoms. The lowest BCUT2D eigenvalue weighted by molar-refractivity contribution is -0.121. The largest absolute Gasteiger partial charge is 0.493 e. The number of hydrogen-bond acceptors (Lipinski definition) is 4. The first-order chi connectivity index (χ1) is 12.7. The molecule has 1 heterocycles. The summed E-state index contributed by atoms with van der Waals surface area (Å²) < 4.78 is 5.86. The molecule has 0 bridgehead atoms. The number of para-hydroxylation sites is 2. The van der Waals surface area contributed by atoms with E-state index in [4.69, 9.17) is 4.74 Å². The van der Waals surface area contributed by atoms with E-state index in [9.17, 15) is 4.79 Å².